The minimum absolute atomic E-state index is 0.196. The lowest BCUT2D eigenvalue weighted by molar-refractivity contribution is -0.0103. The molecule has 5 heteroatoms. The summed E-state index contributed by atoms with van der Waals surface area (Å²) in [4.78, 5) is 2.33. The van der Waals surface area contributed by atoms with E-state index in [9.17, 15) is 4.39 Å². The second-order valence-electron chi connectivity index (χ2n) is 4.53. The van der Waals surface area contributed by atoms with Gasteiger partial charge in [0.25, 0.3) is 0 Å². The molecule has 1 heterocycles. The molecule has 1 aliphatic rings. The maximum absolute atomic E-state index is 13.3. The topological polar surface area (TPSA) is 24.5 Å². The minimum Gasteiger partial charge on any atom is -0.378 e. The smallest absolute Gasteiger partial charge is 0.124 e. The number of nitrogens with zero attached hydrogens (tertiary/aromatic N) is 1. The first-order valence-electron chi connectivity index (χ1n) is 6.10. The summed E-state index contributed by atoms with van der Waals surface area (Å²) in [5.41, 5.74) is 0.991. The average Bonchev–Trinajstić information content (AvgIpc) is 2.30. The number of benzene rings is 1. The van der Waals surface area contributed by atoms with Gasteiger partial charge in [-0.3, -0.25) is 4.90 Å². The molecule has 18 heavy (non-hydrogen) atoms. The fraction of sp³-hybridized carbons (Fsp3) is 0.538. The van der Waals surface area contributed by atoms with Gasteiger partial charge in [-0.25, -0.2) is 4.39 Å². The number of nitrogens with one attached hydrogen (secondary N) is 1. The molecule has 1 atom stereocenters. The van der Waals surface area contributed by atoms with Crippen molar-refractivity contribution < 1.29 is 9.13 Å². The normalized spacial score (nSPS) is 21.2. The second-order valence-corrected chi connectivity index (χ2v) is 5.45. The van der Waals surface area contributed by atoms with Gasteiger partial charge in [0.05, 0.1) is 13.2 Å². The molecule has 1 unspecified atom stereocenters. The van der Waals surface area contributed by atoms with Crippen LogP contribution in [0.2, 0.25) is 0 Å². The number of halogens is 2. The van der Waals surface area contributed by atoms with Crippen LogP contribution in [0.5, 0.6) is 0 Å². The van der Waals surface area contributed by atoms with Crippen LogP contribution in [0.4, 0.5) is 4.39 Å². The summed E-state index contributed by atoms with van der Waals surface area (Å²) in [6, 6.07) is 5.39. The maximum atomic E-state index is 13.3. The van der Waals surface area contributed by atoms with Gasteiger partial charge in [0.1, 0.15) is 5.82 Å². The Kier molecular flexibility index (Phi) is 5.12. The number of likely N-dealkylation sites (N-methyl/N-ethyl adjacent to an activating group) is 1. The summed E-state index contributed by atoms with van der Waals surface area (Å²) in [7, 11) is 1.94. The molecule has 0 aromatic heterocycles. The molecule has 1 aliphatic heterocycles. The summed E-state index contributed by atoms with van der Waals surface area (Å²) in [5.74, 6) is -0.196. The SMILES string of the molecule is CNCC1COCCN1Cc1cc(F)cc(Br)c1. The van der Waals surface area contributed by atoms with Gasteiger partial charge < -0.3 is 10.1 Å². The molecule has 2 rings (SSSR count). The van der Waals surface area contributed by atoms with Crippen LogP contribution in [0.15, 0.2) is 22.7 Å². The van der Waals surface area contributed by atoms with Crippen molar-refractivity contribution in [2.45, 2.75) is 12.6 Å². The zero-order chi connectivity index (χ0) is 13.0. The molecule has 1 aromatic rings. The van der Waals surface area contributed by atoms with Gasteiger partial charge in [-0.2, -0.15) is 0 Å². The van der Waals surface area contributed by atoms with Crippen LogP contribution < -0.4 is 5.32 Å². The molecule has 0 radical (unpaired) electrons. The second kappa shape index (κ2) is 6.61. The Labute approximate surface area is 115 Å². The van der Waals surface area contributed by atoms with Gasteiger partial charge >= 0.3 is 0 Å². The number of morpholine rings is 1. The molecule has 0 aliphatic carbocycles. The van der Waals surface area contributed by atoms with E-state index in [0.717, 1.165) is 42.9 Å². The van der Waals surface area contributed by atoms with Gasteiger partial charge in [-0.15, -0.1) is 0 Å². The monoisotopic (exact) mass is 316 g/mol. The van der Waals surface area contributed by atoms with Crippen LogP contribution in [0.1, 0.15) is 5.56 Å². The molecule has 0 spiro atoms. The van der Waals surface area contributed by atoms with Crippen LogP contribution in [0, 0.1) is 5.82 Å². The molecule has 1 aromatic carbocycles. The number of ether oxygens (including phenoxy) is 1. The Hall–Kier alpha value is -0.490. The average molecular weight is 317 g/mol. The quantitative estimate of drug-likeness (QED) is 0.919. The van der Waals surface area contributed by atoms with Crippen molar-refractivity contribution in [3.63, 3.8) is 0 Å². The minimum atomic E-state index is -0.196. The van der Waals surface area contributed by atoms with E-state index < -0.39 is 0 Å². The van der Waals surface area contributed by atoms with Crippen molar-refractivity contribution in [3.8, 4) is 0 Å². The molecule has 0 bridgehead atoms. The summed E-state index contributed by atoms with van der Waals surface area (Å²) in [6.45, 7) is 4.01. The van der Waals surface area contributed by atoms with Gasteiger partial charge in [-0.1, -0.05) is 15.9 Å². The van der Waals surface area contributed by atoms with Gasteiger partial charge in [0, 0.05) is 30.1 Å². The summed E-state index contributed by atoms with van der Waals surface area (Å²) < 4.78 is 19.6. The predicted molar refractivity (Wildman–Crippen MR) is 73.0 cm³/mol. The zero-order valence-electron chi connectivity index (χ0n) is 10.5. The van der Waals surface area contributed by atoms with Crippen molar-refractivity contribution in [1.82, 2.24) is 10.2 Å². The van der Waals surface area contributed by atoms with Gasteiger partial charge in [-0.05, 0) is 30.8 Å². The molecule has 100 valence electrons. The molecule has 0 amide bonds. The molecule has 3 nitrogen and oxygen atoms in total. The molecule has 1 saturated heterocycles. The third kappa shape index (κ3) is 3.75. The lowest BCUT2D eigenvalue weighted by atomic mass is 10.1. The summed E-state index contributed by atoms with van der Waals surface area (Å²) in [6.07, 6.45) is 0. The van der Waals surface area contributed by atoms with Crippen molar-refractivity contribution in [3.05, 3.63) is 34.1 Å². The third-order valence-electron chi connectivity index (χ3n) is 3.10. The van der Waals surface area contributed by atoms with E-state index in [2.05, 4.69) is 26.1 Å². The Morgan fingerprint density at radius 2 is 2.33 bits per heavy atom. The Balaban J connectivity index is 2.05. The summed E-state index contributed by atoms with van der Waals surface area (Å²) >= 11 is 3.33. The Morgan fingerprint density at radius 3 is 3.06 bits per heavy atom. The van der Waals surface area contributed by atoms with Crippen molar-refractivity contribution >= 4 is 15.9 Å². The van der Waals surface area contributed by atoms with Gasteiger partial charge in [0.15, 0.2) is 0 Å². The van der Waals surface area contributed by atoms with Crippen LogP contribution in [0.25, 0.3) is 0 Å². The van der Waals surface area contributed by atoms with Crippen LogP contribution in [0.3, 0.4) is 0 Å². The molecular formula is C13H18BrFN2O. The first-order valence-corrected chi connectivity index (χ1v) is 6.89. The third-order valence-corrected chi connectivity index (χ3v) is 3.56. The molecule has 1 fully saturated rings. The highest BCUT2D eigenvalue weighted by Crippen LogP contribution is 2.18. The van der Waals surface area contributed by atoms with Crippen LogP contribution >= 0.6 is 15.9 Å². The van der Waals surface area contributed by atoms with Crippen molar-refractivity contribution in [2.24, 2.45) is 0 Å². The highest BCUT2D eigenvalue weighted by Gasteiger charge is 2.22. The van der Waals surface area contributed by atoms with E-state index in [0.29, 0.717) is 6.04 Å². The van der Waals surface area contributed by atoms with E-state index in [1.54, 1.807) is 6.07 Å². The first-order chi connectivity index (χ1) is 8.69. The Morgan fingerprint density at radius 1 is 1.50 bits per heavy atom. The molecule has 1 N–H and O–H groups in total. The fourth-order valence-corrected chi connectivity index (χ4v) is 2.77. The van der Waals surface area contributed by atoms with E-state index in [1.165, 1.54) is 6.07 Å². The van der Waals surface area contributed by atoms with Crippen molar-refractivity contribution in [1.29, 1.82) is 0 Å². The first kappa shape index (κ1) is 13.9. The van der Waals surface area contributed by atoms with E-state index >= 15 is 0 Å². The molecule has 0 saturated carbocycles. The predicted octanol–water partition coefficient (Wildman–Crippen LogP) is 2.01. The molecular weight excluding hydrogens is 299 g/mol. The standard InChI is InChI=1S/C13H18BrFN2O/c1-16-7-13-9-18-3-2-17(13)8-10-4-11(14)6-12(15)5-10/h4-6,13,16H,2-3,7-9H2,1H3. The maximum Gasteiger partial charge on any atom is 0.124 e. The fourth-order valence-electron chi connectivity index (χ4n) is 2.26. The van der Waals surface area contributed by atoms with E-state index in [1.807, 2.05) is 13.1 Å². The van der Waals surface area contributed by atoms with Crippen LogP contribution in [-0.4, -0.2) is 44.3 Å². The number of hydrogen-bond acceptors (Lipinski definition) is 3. The highest BCUT2D eigenvalue weighted by molar-refractivity contribution is 9.10. The van der Waals surface area contributed by atoms with Gasteiger partial charge in [0.2, 0.25) is 0 Å². The largest absolute Gasteiger partial charge is 0.378 e. The lowest BCUT2D eigenvalue weighted by Crippen LogP contribution is -2.49. The van der Waals surface area contributed by atoms with E-state index in [4.69, 9.17) is 4.74 Å². The summed E-state index contributed by atoms with van der Waals surface area (Å²) in [5, 5.41) is 3.17. The zero-order valence-corrected chi connectivity index (χ0v) is 12.0. The van der Waals surface area contributed by atoms with E-state index in [-0.39, 0.29) is 5.82 Å². The number of rotatable bonds is 4. The van der Waals surface area contributed by atoms with Crippen LogP contribution in [-0.2, 0) is 11.3 Å². The Bertz CT molecular complexity index is 380. The number of hydrogen-bond donors (Lipinski definition) is 1. The highest BCUT2D eigenvalue weighted by atomic mass is 79.9. The van der Waals surface area contributed by atoms with Crippen molar-refractivity contribution in [2.75, 3.05) is 33.4 Å². The lowest BCUT2D eigenvalue weighted by Gasteiger charge is -2.35.